The van der Waals surface area contributed by atoms with Gasteiger partial charge in [0.1, 0.15) is 5.82 Å². The van der Waals surface area contributed by atoms with Crippen molar-refractivity contribution in [1.82, 2.24) is 4.98 Å². The lowest BCUT2D eigenvalue weighted by atomic mass is 10.1. The number of pyridine rings is 1. The van der Waals surface area contributed by atoms with E-state index >= 15 is 0 Å². The third-order valence-electron chi connectivity index (χ3n) is 4.76. The molecule has 1 aromatic heterocycles. The molecule has 0 saturated heterocycles. The van der Waals surface area contributed by atoms with Gasteiger partial charge in [-0.05, 0) is 44.0 Å². The summed E-state index contributed by atoms with van der Waals surface area (Å²) in [5, 5.41) is 6.29. The molecule has 5 heteroatoms. The molecule has 1 heterocycles. The molecule has 1 aliphatic carbocycles. The molecule has 1 aliphatic rings. The summed E-state index contributed by atoms with van der Waals surface area (Å²) in [5.74, 6) is 0.544. The van der Waals surface area contributed by atoms with Crippen molar-refractivity contribution < 1.29 is 9.59 Å². The van der Waals surface area contributed by atoms with Crippen molar-refractivity contribution in [3.63, 3.8) is 0 Å². The van der Waals surface area contributed by atoms with Crippen molar-refractivity contribution in [2.75, 3.05) is 10.6 Å². The first-order valence-electron chi connectivity index (χ1n) is 9.27. The molecule has 3 rings (SSSR count). The highest BCUT2D eigenvalue weighted by atomic mass is 16.1. The van der Waals surface area contributed by atoms with Crippen molar-refractivity contribution in [2.45, 2.75) is 51.5 Å². The van der Waals surface area contributed by atoms with E-state index in [4.69, 9.17) is 0 Å². The van der Waals surface area contributed by atoms with Crippen LogP contribution in [0, 0.1) is 0 Å². The van der Waals surface area contributed by atoms with Crippen LogP contribution in [0.25, 0.3) is 0 Å². The van der Waals surface area contributed by atoms with Crippen LogP contribution in [0.4, 0.5) is 11.5 Å². The number of carbonyl (C=O) groups excluding carboxylic acids is 2. The lowest BCUT2D eigenvalue weighted by molar-refractivity contribution is 0.101. The largest absolute Gasteiger partial charge is 0.367 e. The molecule has 1 aromatic carbocycles. The van der Waals surface area contributed by atoms with Crippen LogP contribution in [-0.2, 0) is 0 Å². The van der Waals surface area contributed by atoms with Crippen molar-refractivity contribution in [2.24, 2.45) is 0 Å². The van der Waals surface area contributed by atoms with Gasteiger partial charge in [-0.2, -0.15) is 0 Å². The lowest BCUT2D eigenvalue weighted by Crippen LogP contribution is -2.19. The first kappa shape index (κ1) is 18.1. The molecular formula is C21H25N3O2. The molecule has 2 aromatic rings. The Labute approximate surface area is 154 Å². The molecule has 136 valence electrons. The number of benzene rings is 1. The first-order chi connectivity index (χ1) is 12.6. The minimum Gasteiger partial charge on any atom is -0.367 e. The Bertz CT molecular complexity index is 763. The molecule has 0 bridgehead atoms. The molecule has 0 atom stereocenters. The zero-order chi connectivity index (χ0) is 18.4. The average Bonchev–Trinajstić information content (AvgIpc) is 2.91. The summed E-state index contributed by atoms with van der Waals surface area (Å²) in [4.78, 5) is 28.2. The molecule has 0 radical (unpaired) electrons. The Morgan fingerprint density at radius 3 is 2.42 bits per heavy atom. The van der Waals surface area contributed by atoms with Crippen LogP contribution in [-0.4, -0.2) is 22.7 Å². The summed E-state index contributed by atoms with van der Waals surface area (Å²) >= 11 is 0. The van der Waals surface area contributed by atoms with Gasteiger partial charge >= 0.3 is 0 Å². The fourth-order valence-corrected chi connectivity index (χ4v) is 3.27. The van der Waals surface area contributed by atoms with E-state index in [9.17, 15) is 9.59 Å². The highest BCUT2D eigenvalue weighted by Crippen LogP contribution is 2.20. The summed E-state index contributed by atoms with van der Waals surface area (Å²) < 4.78 is 0. The van der Waals surface area contributed by atoms with Crippen LogP contribution in [0.15, 0.2) is 42.6 Å². The third-order valence-corrected chi connectivity index (χ3v) is 4.76. The van der Waals surface area contributed by atoms with Crippen LogP contribution in [0.5, 0.6) is 0 Å². The van der Waals surface area contributed by atoms with Crippen molar-refractivity contribution >= 4 is 23.2 Å². The summed E-state index contributed by atoms with van der Waals surface area (Å²) in [6.45, 7) is 1.50. The van der Waals surface area contributed by atoms with Crippen molar-refractivity contribution in [1.29, 1.82) is 0 Å². The quantitative estimate of drug-likeness (QED) is 0.606. The second kappa shape index (κ2) is 8.61. The number of anilines is 2. The fourth-order valence-electron chi connectivity index (χ4n) is 3.27. The van der Waals surface area contributed by atoms with E-state index < -0.39 is 0 Å². The van der Waals surface area contributed by atoms with E-state index in [0.717, 1.165) is 5.82 Å². The highest BCUT2D eigenvalue weighted by molar-refractivity contribution is 6.05. The fraction of sp³-hybridized carbons (Fsp3) is 0.381. The predicted molar refractivity (Wildman–Crippen MR) is 104 cm³/mol. The SMILES string of the molecule is CC(=O)c1cccc(NC(=O)c2ccc(NC3CCCCCC3)nc2)c1. The number of ketones is 1. The number of nitrogens with zero attached hydrogens (tertiary/aromatic N) is 1. The number of rotatable bonds is 5. The second-order valence-electron chi connectivity index (χ2n) is 6.86. The van der Waals surface area contributed by atoms with Crippen LogP contribution in [0.3, 0.4) is 0 Å². The molecule has 26 heavy (non-hydrogen) atoms. The molecular weight excluding hydrogens is 326 g/mol. The third kappa shape index (κ3) is 4.91. The van der Waals surface area contributed by atoms with Crippen LogP contribution >= 0.6 is 0 Å². The van der Waals surface area contributed by atoms with Gasteiger partial charge in [0.15, 0.2) is 5.78 Å². The Morgan fingerprint density at radius 2 is 1.77 bits per heavy atom. The van der Waals surface area contributed by atoms with Crippen LogP contribution in [0.1, 0.15) is 66.2 Å². The molecule has 0 aliphatic heterocycles. The minimum atomic E-state index is -0.237. The van der Waals surface area contributed by atoms with E-state index in [0.29, 0.717) is 22.9 Å². The molecule has 0 unspecified atom stereocenters. The Kier molecular flexibility index (Phi) is 6.00. The van der Waals surface area contributed by atoms with Gasteiger partial charge in [0, 0.05) is 23.5 Å². The number of carbonyl (C=O) groups is 2. The maximum Gasteiger partial charge on any atom is 0.257 e. The smallest absolute Gasteiger partial charge is 0.257 e. The number of nitrogens with one attached hydrogen (secondary N) is 2. The number of hydrogen-bond acceptors (Lipinski definition) is 4. The topological polar surface area (TPSA) is 71.1 Å². The normalized spacial score (nSPS) is 15.1. The van der Waals surface area contributed by atoms with Gasteiger partial charge in [0.2, 0.25) is 0 Å². The van der Waals surface area contributed by atoms with E-state index in [1.54, 1.807) is 36.5 Å². The van der Waals surface area contributed by atoms with Crippen molar-refractivity contribution in [3.8, 4) is 0 Å². The maximum absolute atomic E-state index is 12.4. The molecule has 0 spiro atoms. The molecule has 2 N–H and O–H groups in total. The molecule has 1 amide bonds. The van der Waals surface area contributed by atoms with Gasteiger partial charge in [-0.1, -0.05) is 37.8 Å². The summed E-state index contributed by atoms with van der Waals surface area (Å²) in [6.07, 6.45) is 9.09. The standard InChI is InChI=1S/C21H25N3O2/c1-15(25)16-7-6-10-19(13-16)24-21(26)17-11-12-20(22-14-17)23-18-8-4-2-3-5-9-18/h6-7,10-14,18H,2-5,8-9H2,1H3,(H,22,23)(H,24,26). The number of Topliss-reactive ketones (excluding diaryl/α,β-unsaturated/α-hetero) is 1. The number of aromatic nitrogens is 1. The molecule has 1 fully saturated rings. The van der Waals surface area contributed by atoms with E-state index in [1.807, 2.05) is 6.07 Å². The number of amides is 1. The zero-order valence-electron chi connectivity index (χ0n) is 15.1. The van der Waals surface area contributed by atoms with Gasteiger partial charge in [0.05, 0.1) is 5.56 Å². The van der Waals surface area contributed by atoms with Crippen LogP contribution in [0.2, 0.25) is 0 Å². The minimum absolute atomic E-state index is 0.0308. The highest BCUT2D eigenvalue weighted by Gasteiger charge is 2.13. The van der Waals surface area contributed by atoms with E-state index in [2.05, 4.69) is 15.6 Å². The average molecular weight is 351 g/mol. The van der Waals surface area contributed by atoms with Crippen LogP contribution < -0.4 is 10.6 Å². The van der Waals surface area contributed by atoms with Crippen molar-refractivity contribution in [3.05, 3.63) is 53.7 Å². The zero-order valence-corrected chi connectivity index (χ0v) is 15.1. The lowest BCUT2D eigenvalue weighted by Gasteiger charge is -2.16. The van der Waals surface area contributed by atoms with E-state index in [1.165, 1.54) is 45.4 Å². The monoisotopic (exact) mass is 351 g/mol. The first-order valence-corrected chi connectivity index (χ1v) is 9.27. The summed E-state index contributed by atoms with van der Waals surface area (Å²) in [7, 11) is 0. The maximum atomic E-state index is 12.4. The predicted octanol–water partition coefficient (Wildman–Crippen LogP) is 4.67. The van der Waals surface area contributed by atoms with Gasteiger partial charge in [-0.25, -0.2) is 4.98 Å². The number of hydrogen-bond donors (Lipinski definition) is 2. The summed E-state index contributed by atoms with van der Waals surface area (Å²) in [6, 6.07) is 11.0. The molecule has 5 nitrogen and oxygen atoms in total. The van der Waals surface area contributed by atoms with Gasteiger partial charge < -0.3 is 10.6 Å². The Balaban J connectivity index is 1.61. The molecule has 1 saturated carbocycles. The van der Waals surface area contributed by atoms with Gasteiger partial charge in [-0.15, -0.1) is 0 Å². The van der Waals surface area contributed by atoms with Gasteiger partial charge in [-0.3, -0.25) is 9.59 Å². The second-order valence-corrected chi connectivity index (χ2v) is 6.86. The summed E-state index contributed by atoms with van der Waals surface area (Å²) in [5.41, 5.74) is 1.66. The Morgan fingerprint density at radius 1 is 1.00 bits per heavy atom. The Hall–Kier alpha value is -2.69. The van der Waals surface area contributed by atoms with Gasteiger partial charge in [0.25, 0.3) is 5.91 Å². The van der Waals surface area contributed by atoms with E-state index in [-0.39, 0.29) is 11.7 Å².